The summed E-state index contributed by atoms with van der Waals surface area (Å²) in [4.78, 5) is 0. The van der Waals surface area contributed by atoms with Crippen LogP contribution in [0, 0.1) is 6.07 Å². The molecule has 0 amide bonds. The van der Waals surface area contributed by atoms with Crippen LogP contribution in [0.2, 0.25) is 0 Å². The topological polar surface area (TPSA) is 4.93 Å². The predicted molar refractivity (Wildman–Crippen MR) is 84.6 cm³/mol. The Bertz CT molecular complexity index is 998. The highest BCUT2D eigenvalue weighted by Gasteiger charge is 2.31. The van der Waals surface area contributed by atoms with Crippen molar-refractivity contribution in [2.75, 3.05) is 0 Å². The number of aromatic nitrogens is 1. The standard InChI is InChI=1S/C19H11F3N/c20-19(21,22)13-10-11-18-16(12-13)15-8-4-5-9-17(15)23(18)14-6-2-1-3-7-14/h1-3,5-12H. The van der Waals surface area contributed by atoms with Crippen molar-refractivity contribution >= 4 is 21.8 Å². The molecule has 0 aliphatic rings. The van der Waals surface area contributed by atoms with Gasteiger partial charge in [0.15, 0.2) is 0 Å². The van der Waals surface area contributed by atoms with E-state index in [-0.39, 0.29) is 0 Å². The minimum Gasteiger partial charge on any atom is -0.309 e. The van der Waals surface area contributed by atoms with E-state index in [0.29, 0.717) is 5.39 Å². The molecule has 0 fully saturated rings. The summed E-state index contributed by atoms with van der Waals surface area (Å²) in [6, 6.07) is 21.8. The molecule has 0 aliphatic heterocycles. The van der Waals surface area contributed by atoms with Gasteiger partial charge in [-0.2, -0.15) is 13.2 Å². The van der Waals surface area contributed by atoms with Gasteiger partial charge in [0.2, 0.25) is 0 Å². The Morgan fingerprint density at radius 2 is 1.57 bits per heavy atom. The second-order valence-electron chi connectivity index (χ2n) is 5.34. The minimum atomic E-state index is -4.35. The van der Waals surface area contributed by atoms with E-state index >= 15 is 0 Å². The first-order chi connectivity index (χ1) is 11.1. The molecule has 4 aromatic rings. The molecule has 113 valence electrons. The van der Waals surface area contributed by atoms with E-state index in [1.807, 2.05) is 41.0 Å². The van der Waals surface area contributed by atoms with Crippen molar-refractivity contribution in [3.05, 3.63) is 78.4 Å². The highest BCUT2D eigenvalue weighted by Crippen LogP contribution is 2.36. The van der Waals surface area contributed by atoms with Gasteiger partial charge in [-0.25, -0.2) is 0 Å². The number of fused-ring (bicyclic) bond motifs is 3. The Morgan fingerprint density at radius 3 is 2.30 bits per heavy atom. The first-order valence-corrected chi connectivity index (χ1v) is 7.12. The molecule has 1 heterocycles. The Kier molecular flexibility index (Phi) is 2.94. The van der Waals surface area contributed by atoms with Crippen molar-refractivity contribution in [1.29, 1.82) is 0 Å². The van der Waals surface area contributed by atoms with Crippen molar-refractivity contribution in [2.24, 2.45) is 0 Å². The van der Waals surface area contributed by atoms with Crippen LogP contribution < -0.4 is 0 Å². The van der Waals surface area contributed by atoms with Gasteiger partial charge >= 0.3 is 6.18 Å². The lowest BCUT2D eigenvalue weighted by Gasteiger charge is -2.09. The molecular formula is C19H11F3N. The number of para-hydroxylation sites is 1. The highest BCUT2D eigenvalue weighted by atomic mass is 19.4. The summed E-state index contributed by atoms with van der Waals surface area (Å²) in [5.74, 6) is 0. The molecule has 0 saturated heterocycles. The van der Waals surface area contributed by atoms with Gasteiger partial charge in [0.05, 0.1) is 16.6 Å². The largest absolute Gasteiger partial charge is 0.416 e. The van der Waals surface area contributed by atoms with Crippen LogP contribution in [0.5, 0.6) is 0 Å². The summed E-state index contributed by atoms with van der Waals surface area (Å²) in [7, 11) is 0. The second-order valence-corrected chi connectivity index (χ2v) is 5.34. The SMILES string of the molecule is FC(F)(F)c1ccc2c(c1)c1c[c]ccc1n2-c1ccccc1. The summed E-state index contributed by atoms with van der Waals surface area (Å²) in [6.45, 7) is 0. The van der Waals surface area contributed by atoms with Crippen molar-refractivity contribution in [1.82, 2.24) is 4.57 Å². The molecule has 1 radical (unpaired) electrons. The van der Waals surface area contributed by atoms with Gasteiger partial charge in [0.1, 0.15) is 0 Å². The Morgan fingerprint density at radius 1 is 0.826 bits per heavy atom. The molecule has 0 saturated carbocycles. The quantitative estimate of drug-likeness (QED) is 0.431. The smallest absolute Gasteiger partial charge is 0.309 e. The van der Waals surface area contributed by atoms with Crippen molar-refractivity contribution in [2.45, 2.75) is 6.18 Å². The number of hydrogen-bond donors (Lipinski definition) is 0. The molecule has 4 heteroatoms. The van der Waals surface area contributed by atoms with Gasteiger partial charge in [-0.15, -0.1) is 0 Å². The van der Waals surface area contributed by atoms with Crippen LogP contribution in [0.3, 0.4) is 0 Å². The van der Waals surface area contributed by atoms with Crippen LogP contribution in [0.25, 0.3) is 27.5 Å². The van der Waals surface area contributed by atoms with Crippen LogP contribution in [-0.2, 0) is 6.18 Å². The van der Waals surface area contributed by atoms with Crippen molar-refractivity contribution < 1.29 is 13.2 Å². The third kappa shape index (κ3) is 2.18. The first kappa shape index (κ1) is 13.9. The Hall–Kier alpha value is -2.75. The maximum Gasteiger partial charge on any atom is 0.416 e. The third-order valence-electron chi connectivity index (χ3n) is 3.95. The number of rotatable bonds is 1. The summed E-state index contributed by atoms with van der Waals surface area (Å²) in [5.41, 5.74) is 1.89. The fraction of sp³-hybridized carbons (Fsp3) is 0.0526. The number of halogens is 3. The first-order valence-electron chi connectivity index (χ1n) is 7.12. The molecule has 0 N–H and O–H groups in total. The van der Waals surface area contributed by atoms with Crippen LogP contribution in [0.15, 0.2) is 66.7 Å². The summed E-state index contributed by atoms with van der Waals surface area (Å²) >= 11 is 0. The van der Waals surface area contributed by atoms with Crippen molar-refractivity contribution in [3.63, 3.8) is 0 Å². The molecule has 4 rings (SSSR count). The lowest BCUT2D eigenvalue weighted by Crippen LogP contribution is -2.04. The van der Waals surface area contributed by atoms with Crippen LogP contribution >= 0.6 is 0 Å². The summed E-state index contributed by atoms with van der Waals surface area (Å²) in [6.07, 6.45) is -4.35. The molecule has 0 aliphatic carbocycles. The number of nitrogens with zero attached hydrogens (tertiary/aromatic N) is 1. The fourth-order valence-corrected chi connectivity index (χ4v) is 2.94. The van der Waals surface area contributed by atoms with E-state index in [1.54, 1.807) is 12.1 Å². The van der Waals surface area contributed by atoms with E-state index in [1.165, 1.54) is 12.1 Å². The third-order valence-corrected chi connectivity index (χ3v) is 3.95. The zero-order chi connectivity index (χ0) is 16.0. The van der Waals surface area contributed by atoms with E-state index in [0.717, 1.165) is 28.2 Å². The normalized spacial score (nSPS) is 12.1. The van der Waals surface area contributed by atoms with Crippen LogP contribution in [-0.4, -0.2) is 4.57 Å². The van der Waals surface area contributed by atoms with Crippen LogP contribution in [0.4, 0.5) is 13.2 Å². The van der Waals surface area contributed by atoms with Gasteiger partial charge in [0, 0.05) is 16.5 Å². The molecule has 23 heavy (non-hydrogen) atoms. The van der Waals surface area contributed by atoms with Gasteiger partial charge in [-0.3, -0.25) is 0 Å². The number of benzene rings is 3. The molecule has 0 bridgehead atoms. The lowest BCUT2D eigenvalue weighted by atomic mass is 10.1. The fourth-order valence-electron chi connectivity index (χ4n) is 2.94. The summed E-state index contributed by atoms with van der Waals surface area (Å²) in [5, 5.41) is 1.34. The maximum atomic E-state index is 13.0. The van der Waals surface area contributed by atoms with Gasteiger partial charge in [-0.1, -0.05) is 24.3 Å². The predicted octanol–water partition coefficient (Wildman–Crippen LogP) is 5.60. The summed E-state index contributed by atoms with van der Waals surface area (Å²) < 4.78 is 41.1. The Balaban J connectivity index is 2.13. The number of hydrogen-bond acceptors (Lipinski definition) is 0. The highest BCUT2D eigenvalue weighted by molar-refractivity contribution is 6.09. The zero-order valence-electron chi connectivity index (χ0n) is 11.9. The Labute approximate surface area is 130 Å². The molecule has 0 atom stereocenters. The minimum absolute atomic E-state index is 0.579. The lowest BCUT2D eigenvalue weighted by molar-refractivity contribution is -0.137. The van der Waals surface area contributed by atoms with Crippen LogP contribution in [0.1, 0.15) is 5.56 Å². The van der Waals surface area contributed by atoms with E-state index in [2.05, 4.69) is 6.07 Å². The number of alkyl halides is 3. The molecule has 0 unspecified atom stereocenters. The monoisotopic (exact) mass is 310 g/mol. The molecular weight excluding hydrogens is 299 g/mol. The maximum absolute atomic E-state index is 13.0. The zero-order valence-corrected chi connectivity index (χ0v) is 11.9. The average molecular weight is 310 g/mol. The van der Waals surface area contributed by atoms with E-state index < -0.39 is 11.7 Å². The average Bonchev–Trinajstić information content (AvgIpc) is 2.88. The van der Waals surface area contributed by atoms with Gasteiger partial charge < -0.3 is 4.57 Å². The molecule has 3 aromatic carbocycles. The molecule has 1 aromatic heterocycles. The van der Waals surface area contributed by atoms with Gasteiger partial charge in [0.25, 0.3) is 0 Å². The molecule has 0 spiro atoms. The molecule has 1 nitrogen and oxygen atoms in total. The van der Waals surface area contributed by atoms with Gasteiger partial charge in [-0.05, 0) is 48.5 Å². The van der Waals surface area contributed by atoms with E-state index in [9.17, 15) is 13.2 Å². The van der Waals surface area contributed by atoms with E-state index in [4.69, 9.17) is 0 Å². The van der Waals surface area contributed by atoms with Crippen molar-refractivity contribution in [3.8, 4) is 5.69 Å². The second kappa shape index (κ2) is 4.88.